The zero-order chi connectivity index (χ0) is 4.28. The van der Waals surface area contributed by atoms with Gasteiger partial charge in [-0.15, -0.1) is 0 Å². The Hall–Kier alpha value is 0.325. The van der Waals surface area contributed by atoms with Crippen LogP contribution in [0.2, 0.25) is 0 Å². The van der Waals surface area contributed by atoms with Gasteiger partial charge < -0.3 is 0 Å². The fourth-order valence-electron chi connectivity index (χ4n) is 0. The molecule has 0 atom stereocenters. The second-order valence-corrected chi connectivity index (χ2v) is 0.770. The molecule has 0 aliphatic rings. The van der Waals surface area contributed by atoms with Gasteiger partial charge in [-0.05, 0) is 0 Å². The van der Waals surface area contributed by atoms with E-state index < -0.39 is 6.39 Å². The SMILES string of the molecule is [B][B]B([B])[B]. The Bertz CT molecular complexity index is 14.0. The van der Waals surface area contributed by atoms with E-state index in [-0.39, 0.29) is 0 Å². The fraction of sp³-hybridized carbons (Fsp3) is 0. The molecule has 0 heterocycles. The van der Waals surface area contributed by atoms with E-state index in [4.69, 9.17) is 23.2 Å². The average molecular weight is 54.1 g/mol. The maximum Gasteiger partial charge on any atom is 0 e. The summed E-state index contributed by atoms with van der Waals surface area (Å²) in [5.74, 6) is 0. The van der Waals surface area contributed by atoms with E-state index in [1.165, 1.54) is 7.06 Å². The molecule has 0 unspecified atom stereocenters. The monoisotopic (exact) mass is 55.0 g/mol. The van der Waals surface area contributed by atoms with Crippen LogP contribution in [0.4, 0.5) is 0 Å². The lowest BCUT2D eigenvalue weighted by molar-refractivity contribution is 3.91. The normalized spacial score (nSPS) is 6.40. The van der Waals surface area contributed by atoms with E-state index in [0.717, 1.165) is 0 Å². The smallest absolute Gasteiger partial charge is 0 e. The van der Waals surface area contributed by atoms with Gasteiger partial charge in [0.25, 0.3) is 0 Å². The van der Waals surface area contributed by atoms with Gasteiger partial charge in [-0.3, -0.25) is 0 Å². The lowest BCUT2D eigenvalue weighted by Crippen LogP contribution is -2.23. The van der Waals surface area contributed by atoms with Crippen molar-refractivity contribution in [3.05, 3.63) is 0 Å². The molecule has 0 spiro atoms. The van der Waals surface area contributed by atoms with Gasteiger partial charge >= 0.3 is 0 Å². The molecule has 0 aliphatic carbocycles. The predicted molar refractivity (Wildman–Crippen MR) is 28.8 cm³/mol. The van der Waals surface area contributed by atoms with Gasteiger partial charge in [0.2, 0.25) is 0 Å². The highest BCUT2D eigenvalue weighted by molar-refractivity contribution is 7.60. The first-order chi connectivity index (χ1) is 2.27. The summed E-state index contributed by atoms with van der Waals surface area (Å²) >= 11 is 0. The fourth-order valence-corrected chi connectivity index (χ4v) is 0. The lowest BCUT2D eigenvalue weighted by Gasteiger charge is -1.85. The molecule has 7 radical (unpaired) electrons. The third-order valence-electron chi connectivity index (χ3n) is 0.222. The Balaban J connectivity index is 2.54. The maximum atomic E-state index is 4.89. The van der Waals surface area contributed by atoms with Crippen molar-refractivity contribution < 1.29 is 0 Å². The van der Waals surface area contributed by atoms with Gasteiger partial charge in [-0.25, -0.2) is 0 Å². The van der Waals surface area contributed by atoms with Crippen molar-refractivity contribution in [3.63, 3.8) is 0 Å². The molecule has 0 saturated heterocycles. The third-order valence-corrected chi connectivity index (χ3v) is 0.222. The standard InChI is InChI=1S/B5/c1-4-5(2)3. The Morgan fingerprint density at radius 3 is 1.60 bits per heavy atom. The van der Waals surface area contributed by atoms with Crippen LogP contribution in [0.15, 0.2) is 0 Å². The van der Waals surface area contributed by atoms with Crippen molar-refractivity contribution in [1.29, 1.82) is 0 Å². The van der Waals surface area contributed by atoms with Crippen molar-refractivity contribution in [2.24, 2.45) is 0 Å². The van der Waals surface area contributed by atoms with Gasteiger partial charge in [0, 0.05) is 36.7 Å². The van der Waals surface area contributed by atoms with Crippen LogP contribution >= 0.6 is 0 Å². The van der Waals surface area contributed by atoms with Gasteiger partial charge in [-0.1, -0.05) is 0 Å². The Kier molecular flexibility index (Phi) is 2.72. The van der Waals surface area contributed by atoms with Crippen LogP contribution in [0, 0.1) is 0 Å². The lowest BCUT2D eigenvalue weighted by atomic mass is 8.97. The summed E-state index contributed by atoms with van der Waals surface area (Å²) in [5.41, 5.74) is 0. The molecule has 5 heavy (non-hydrogen) atoms. The number of hydrogen-bond acceptors (Lipinski definition) is 0. The number of rotatable bonds is 1. The van der Waals surface area contributed by atoms with Crippen LogP contribution in [0.3, 0.4) is 0 Å². The van der Waals surface area contributed by atoms with Gasteiger partial charge in [0.15, 0.2) is 0 Å². The van der Waals surface area contributed by atoms with Crippen LogP contribution in [0.1, 0.15) is 0 Å². The molecule has 0 aromatic carbocycles. The van der Waals surface area contributed by atoms with Crippen LogP contribution in [0.25, 0.3) is 0 Å². The van der Waals surface area contributed by atoms with Gasteiger partial charge in [-0.2, -0.15) is 0 Å². The Labute approximate surface area is 37.6 Å². The van der Waals surface area contributed by atoms with Crippen LogP contribution < -0.4 is 0 Å². The molecule has 5 heteroatoms. The van der Waals surface area contributed by atoms with Crippen LogP contribution in [-0.2, 0) is 0 Å². The summed E-state index contributed by atoms with van der Waals surface area (Å²) in [6.45, 7) is 0. The number of hydrogen-bond donors (Lipinski definition) is 0. The summed E-state index contributed by atoms with van der Waals surface area (Å²) in [4.78, 5) is 0. The van der Waals surface area contributed by atoms with Crippen molar-refractivity contribution in [1.82, 2.24) is 0 Å². The molecule has 0 N–H and O–H groups in total. The zero-order valence-corrected chi connectivity index (χ0v) is 2.89. The summed E-state index contributed by atoms with van der Waals surface area (Å²) in [5, 5.41) is 0. The maximum absolute atomic E-state index is 4.89. The van der Waals surface area contributed by atoms with Crippen molar-refractivity contribution in [2.75, 3.05) is 0 Å². The topological polar surface area (TPSA) is 0 Å². The van der Waals surface area contributed by atoms with E-state index in [1.54, 1.807) is 0 Å². The first-order valence-electron chi connectivity index (χ1n) is 1.33. The van der Waals surface area contributed by atoms with Crippen LogP contribution in [-0.4, -0.2) is 36.7 Å². The third kappa shape index (κ3) is 4.32. The van der Waals surface area contributed by atoms with E-state index in [9.17, 15) is 0 Å². The molecule has 0 amide bonds. The summed E-state index contributed by atoms with van der Waals surface area (Å²) in [6, 6.07) is 0. The molecular weight excluding hydrogens is 54.1 g/mol. The molecule has 0 aromatic heterocycles. The Morgan fingerprint density at radius 2 is 1.60 bits per heavy atom. The predicted octanol–water partition coefficient (Wildman–Crippen LogP) is -1.90. The molecule has 0 bridgehead atoms. The largest absolute Gasteiger partial charge is 0 e. The average Bonchev–Trinajstić information content (AvgIpc) is 1.38. The van der Waals surface area contributed by atoms with Crippen molar-refractivity contribution in [3.8, 4) is 0 Å². The molecule has 0 rings (SSSR count). The summed E-state index contributed by atoms with van der Waals surface area (Å²) < 4.78 is 0. The molecule has 0 saturated carbocycles. The zero-order valence-electron chi connectivity index (χ0n) is 2.89. The van der Waals surface area contributed by atoms with Crippen molar-refractivity contribution >= 4 is 36.7 Å². The van der Waals surface area contributed by atoms with Gasteiger partial charge in [0.1, 0.15) is 0 Å². The minimum absolute atomic E-state index is 0.463. The first-order valence-corrected chi connectivity index (χ1v) is 1.33. The van der Waals surface area contributed by atoms with E-state index >= 15 is 0 Å². The molecule has 0 nitrogen and oxygen atoms in total. The minimum Gasteiger partial charge on any atom is 0 e. The minimum atomic E-state index is -0.463. The molecular formula is B5. The molecule has 15 valence electrons. The first kappa shape index (κ1) is 5.32. The second-order valence-electron chi connectivity index (χ2n) is 0.770. The highest BCUT2D eigenvalue weighted by atomic mass is 12.7. The summed E-state index contributed by atoms with van der Waals surface area (Å²) in [7, 11) is 15.8. The van der Waals surface area contributed by atoms with E-state index in [0.29, 0.717) is 0 Å². The van der Waals surface area contributed by atoms with Crippen molar-refractivity contribution in [2.45, 2.75) is 0 Å². The highest BCUT2D eigenvalue weighted by Gasteiger charge is 1.85. The van der Waals surface area contributed by atoms with Crippen LogP contribution in [0.5, 0.6) is 0 Å². The van der Waals surface area contributed by atoms with E-state index in [1.807, 2.05) is 0 Å². The highest BCUT2D eigenvalue weighted by Crippen LogP contribution is 1.47. The molecule has 0 aromatic rings. The van der Waals surface area contributed by atoms with Gasteiger partial charge in [0.05, 0.1) is 0 Å². The second kappa shape index (κ2) is 2.56. The molecule has 0 aliphatic heterocycles. The van der Waals surface area contributed by atoms with E-state index in [2.05, 4.69) is 0 Å². The Morgan fingerprint density at radius 1 is 1.40 bits per heavy atom. The quantitative estimate of drug-likeness (QED) is 0.307. The summed E-state index contributed by atoms with van der Waals surface area (Å²) in [6.07, 6.45) is -0.463. The molecule has 0 fully saturated rings.